The normalized spacial score (nSPS) is 15.7. The summed E-state index contributed by atoms with van der Waals surface area (Å²) in [5.74, 6) is 1.63. The number of aryl methyl sites for hydroxylation is 1. The highest BCUT2D eigenvalue weighted by atomic mass is 16.5. The van der Waals surface area contributed by atoms with E-state index in [0.717, 1.165) is 33.9 Å². The lowest BCUT2D eigenvalue weighted by Crippen LogP contribution is -2.33. The SMILES string of the molecule is COc1ccc(-c2cccc3c2O[C@H](CN=[N+]=[N-])CN3)c(C)c1. The summed E-state index contributed by atoms with van der Waals surface area (Å²) in [5.41, 5.74) is 12.7. The smallest absolute Gasteiger partial charge is 0.150 e. The molecule has 1 N–H and O–H groups in total. The molecular formula is C17H18N4O2. The molecule has 6 nitrogen and oxygen atoms in total. The second kappa shape index (κ2) is 6.50. The molecular weight excluding hydrogens is 292 g/mol. The number of methoxy groups -OCH3 is 1. The molecule has 23 heavy (non-hydrogen) atoms. The van der Waals surface area contributed by atoms with Crippen molar-refractivity contribution in [3.8, 4) is 22.6 Å². The Balaban J connectivity index is 2.00. The molecule has 0 amide bonds. The van der Waals surface area contributed by atoms with Gasteiger partial charge in [0.05, 0.1) is 25.9 Å². The van der Waals surface area contributed by atoms with Crippen LogP contribution in [0.5, 0.6) is 11.5 Å². The third kappa shape index (κ3) is 3.03. The van der Waals surface area contributed by atoms with Gasteiger partial charge in [0, 0.05) is 10.5 Å². The first-order valence-electron chi connectivity index (χ1n) is 7.42. The predicted molar refractivity (Wildman–Crippen MR) is 90.1 cm³/mol. The van der Waals surface area contributed by atoms with Crippen LogP contribution in [0.3, 0.4) is 0 Å². The number of ether oxygens (including phenoxy) is 2. The molecule has 0 saturated heterocycles. The minimum atomic E-state index is -0.168. The summed E-state index contributed by atoms with van der Waals surface area (Å²) in [6.45, 7) is 2.97. The first kappa shape index (κ1) is 15.1. The third-order valence-electron chi connectivity index (χ3n) is 3.89. The minimum absolute atomic E-state index is 0.168. The van der Waals surface area contributed by atoms with Crippen molar-refractivity contribution in [2.24, 2.45) is 5.11 Å². The minimum Gasteiger partial charge on any atom is -0.497 e. The third-order valence-corrected chi connectivity index (χ3v) is 3.89. The maximum atomic E-state index is 8.48. The van der Waals surface area contributed by atoms with E-state index in [0.29, 0.717) is 13.1 Å². The predicted octanol–water partition coefficient (Wildman–Crippen LogP) is 4.15. The first-order valence-corrected chi connectivity index (χ1v) is 7.42. The van der Waals surface area contributed by atoms with E-state index < -0.39 is 0 Å². The zero-order valence-corrected chi connectivity index (χ0v) is 13.1. The molecule has 3 rings (SSSR count). The molecule has 118 valence electrons. The van der Waals surface area contributed by atoms with Gasteiger partial charge in [-0.25, -0.2) is 0 Å². The van der Waals surface area contributed by atoms with Crippen LogP contribution in [0.2, 0.25) is 0 Å². The Hall–Kier alpha value is -2.85. The summed E-state index contributed by atoms with van der Waals surface area (Å²) in [6, 6.07) is 12.0. The van der Waals surface area contributed by atoms with E-state index >= 15 is 0 Å². The average Bonchev–Trinajstić information content (AvgIpc) is 2.59. The van der Waals surface area contributed by atoms with E-state index in [1.807, 2.05) is 43.3 Å². The fraction of sp³-hybridized carbons (Fsp3) is 0.294. The molecule has 1 aliphatic heterocycles. The number of fused-ring (bicyclic) bond motifs is 1. The summed E-state index contributed by atoms with van der Waals surface area (Å²) in [7, 11) is 1.66. The fourth-order valence-corrected chi connectivity index (χ4v) is 2.74. The lowest BCUT2D eigenvalue weighted by atomic mass is 9.98. The van der Waals surface area contributed by atoms with Gasteiger partial charge in [0.2, 0.25) is 0 Å². The average molecular weight is 310 g/mol. The van der Waals surface area contributed by atoms with E-state index in [2.05, 4.69) is 15.3 Å². The molecule has 1 heterocycles. The lowest BCUT2D eigenvalue weighted by molar-refractivity contribution is 0.215. The van der Waals surface area contributed by atoms with Gasteiger partial charge in [-0.15, -0.1) is 0 Å². The van der Waals surface area contributed by atoms with E-state index in [1.165, 1.54) is 0 Å². The van der Waals surface area contributed by atoms with Gasteiger partial charge in [0.1, 0.15) is 11.9 Å². The van der Waals surface area contributed by atoms with Crippen LogP contribution in [0.1, 0.15) is 5.56 Å². The van der Waals surface area contributed by atoms with Crippen LogP contribution >= 0.6 is 0 Å². The highest BCUT2D eigenvalue weighted by Gasteiger charge is 2.22. The Kier molecular flexibility index (Phi) is 4.26. The summed E-state index contributed by atoms with van der Waals surface area (Å²) in [4.78, 5) is 2.80. The van der Waals surface area contributed by atoms with Crippen molar-refractivity contribution in [2.75, 3.05) is 25.5 Å². The monoisotopic (exact) mass is 310 g/mol. The van der Waals surface area contributed by atoms with Crippen LogP contribution in [-0.2, 0) is 0 Å². The number of nitrogens with one attached hydrogen (secondary N) is 1. The van der Waals surface area contributed by atoms with E-state index in [9.17, 15) is 0 Å². The molecule has 1 atom stereocenters. The Morgan fingerprint density at radius 1 is 1.35 bits per heavy atom. The summed E-state index contributed by atoms with van der Waals surface area (Å²) < 4.78 is 11.3. The molecule has 0 aliphatic carbocycles. The van der Waals surface area contributed by atoms with Gasteiger partial charge in [-0.2, -0.15) is 0 Å². The van der Waals surface area contributed by atoms with Crippen LogP contribution in [0, 0.1) is 6.92 Å². The van der Waals surface area contributed by atoms with E-state index in [1.54, 1.807) is 7.11 Å². The number of hydrogen-bond acceptors (Lipinski definition) is 4. The molecule has 0 unspecified atom stereocenters. The van der Waals surface area contributed by atoms with Gasteiger partial charge >= 0.3 is 0 Å². The molecule has 2 aromatic rings. The largest absolute Gasteiger partial charge is 0.497 e. The molecule has 0 saturated carbocycles. The maximum Gasteiger partial charge on any atom is 0.150 e. The highest BCUT2D eigenvalue weighted by Crippen LogP contribution is 2.41. The van der Waals surface area contributed by atoms with Crippen LogP contribution in [0.25, 0.3) is 21.6 Å². The van der Waals surface area contributed by atoms with Crippen molar-refractivity contribution in [3.05, 3.63) is 52.4 Å². The van der Waals surface area contributed by atoms with Crippen LogP contribution in [0.15, 0.2) is 41.5 Å². The van der Waals surface area contributed by atoms with E-state index in [-0.39, 0.29) is 6.10 Å². The number of rotatable bonds is 4. The highest BCUT2D eigenvalue weighted by molar-refractivity contribution is 5.80. The van der Waals surface area contributed by atoms with Crippen LogP contribution in [-0.4, -0.2) is 26.3 Å². The van der Waals surface area contributed by atoms with Crippen molar-refractivity contribution in [2.45, 2.75) is 13.0 Å². The molecule has 0 spiro atoms. The van der Waals surface area contributed by atoms with Crippen molar-refractivity contribution in [1.82, 2.24) is 0 Å². The van der Waals surface area contributed by atoms with E-state index in [4.69, 9.17) is 15.0 Å². The molecule has 0 radical (unpaired) electrons. The zero-order valence-electron chi connectivity index (χ0n) is 13.1. The summed E-state index contributed by atoms with van der Waals surface area (Å²) in [5, 5.41) is 6.95. The number of nitrogens with zero attached hydrogens (tertiary/aromatic N) is 3. The zero-order chi connectivity index (χ0) is 16.2. The van der Waals surface area contributed by atoms with Gasteiger partial charge in [0.15, 0.2) is 5.75 Å². The Morgan fingerprint density at radius 3 is 2.96 bits per heavy atom. The van der Waals surface area contributed by atoms with Crippen LogP contribution in [0.4, 0.5) is 5.69 Å². The van der Waals surface area contributed by atoms with Crippen molar-refractivity contribution < 1.29 is 9.47 Å². The maximum absolute atomic E-state index is 8.48. The first-order chi connectivity index (χ1) is 11.2. The lowest BCUT2D eigenvalue weighted by Gasteiger charge is -2.28. The number of benzene rings is 2. The molecule has 2 aromatic carbocycles. The number of azide groups is 1. The standard InChI is InChI=1S/C17H18N4O2/c1-11-8-12(22-2)6-7-14(11)15-4-3-5-16-17(15)23-13(9-19-16)10-20-21-18/h3-8,13,19H,9-10H2,1-2H3/t13-/m0/s1. The van der Waals surface area contributed by atoms with Gasteiger partial charge in [-0.3, -0.25) is 0 Å². The van der Waals surface area contributed by atoms with Crippen molar-refractivity contribution >= 4 is 5.69 Å². The van der Waals surface area contributed by atoms with Gasteiger partial charge in [-0.1, -0.05) is 23.3 Å². The molecule has 0 fully saturated rings. The van der Waals surface area contributed by atoms with Gasteiger partial charge in [0.25, 0.3) is 0 Å². The number of anilines is 1. The summed E-state index contributed by atoms with van der Waals surface area (Å²) in [6.07, 6.45) is -0.168. The van der Waals surface area contributed by atoms with Crippen molar-refractivity contribution in [1.29, 1.82) is 0 Å². The topological polar surface area (TPSA) is 79.2 Å². The molecule has 6 heteroatoms. The van der Waals surface area contributed by atoms with Gasteiger partial charge < -0.3 is 14.8 Å². The molecule has 1 aliphatic rings. The van der Waals surface area contributed by atoms with Crippen LogP contribution < -0.4 is 14.8 Å². The second-order valence-corrected chi connectivity index (χ2v) is 5.40. The summed E-state index contributed by atoms with van der Waals surface area (Å²) >= 11 is 0. The van der Waals surface area contributed by atoms with Crippen molar-refractivity contribution in [3.63, 3.8) is 0 Å². The van der Waals surface area contributed by atoms with Gasteiger partial charge in [-0.05, 0) is 41.8 Å². The molecule has 0 aromatic heterocycles. The quantitative estimate of drug-likeness (QED) is 0.523. The Bertz CT molecular complexity index is 769. The fourth-order valence-electron chi connectivity index (χ4n) is 2.74. The second-order valence-electron chi connectivity index (χ2n) is 5.40. The molecule has 0 bridgehead atoms. The Morgan fingerprint density at radius 2 is 2.22 bits per heavy atom. The Labute approximate surface area is 134 Å². The number of hydrogen-bond donors (Lipinski definition) is 1. The number of para-hydroxylation sites is 1.